The van der Waals surface area contributed by atoms with E-state index >= 15 is 0 Å². The fourth-order valence-electron chi connectivity index (χ4n) is 2.08. The molecule has 0 rings (SSSR count). The molecule has 1 atom stereocenters. The van der Waals surface area contributed by atoms with Crippen molar-refractivity contribution in [2.45, 2.75) is 84.9 Å². The number of hydrogen-bond donors (Lipinski definition) is 0. The summed E-state index contributed by atoms with van der Waals surface area (Å²) in [7, 11) is -0.546. The van der Waals surface area contributed by atoms with E-state index in [1.54, 1.807) is 0 Å². The van der Waals surface area contributed by atoms with Gasteiger partial charge < -0.3 is 0 Å². The first-order chi connectivity index (χ1) is 6.81. The van der Waals surface area contributed by atoms with Crippen molar-refractivity contribution in [1.29, 1.82) is 0 Å². The number of rotatable bonds is 7. The van der Waals surface area contributed by atoms with Crippen LogP contribution in [0.15, 0.2) is 0 Å². The minimum absolute atomic E-state index is 0.546. The molecule has 0 saturated carbocycles. The van der Waals surface area contributed by atoms with E-state index in [9.17, 15) is 0 Å². The van der Waals surface area contributed by atoms with Gasteiger partial charge in [0.2, 0.25) is 0 Å². The molecular weight excluding hydrogens is 196 g/mol. The van der Waals surface area contributed by atoms with Crippen LogP contribution in [0.4, 0.5) is 0 Å². The second-order valence-electron chi connectivity index (χ2n) is 6.32. The maximum atomic E-state index is 2.58. The Labute approximate surface area is 99.5 Å². The van der Waals surface area contributed by atoms with E-state index in [1.807, 2.05) is 0 Å². The van der Waals surface area contributed by atoms with E-state index in [0.29, 0.717) is 10.5 Å². The Balaban J connectivity index is 4.19. The Morgan fingerprint density at radius 2 is 1.33 bits per heavy atom. The largest absolute Gasteiger partial charge is 0.0716 e. The van der Waals surface area contributed by atoms with Gasteiger partial charge in [0.15, 0.2) is 0 Å². The average Bonchev–Trinajstić information content (AvgIpc) is 2.24. The van der Waals surface area contributed by atoms with Crippen LogP contribution >= 0.6 is 0 Å². The van der Waals surface area contributed by atoms with Gasteiger partial charge >= 0.3 is 0 Å². The topological polar surface area (TPSA) is 0 Å². The quantitative estimate of drug-likeness (QED) is 0.522. The van der Waals surface area contributed by atoms with Crippen LogP contribution in [0.1, 0.15) is 67.2 Å². The fourth-order valence-corrected chi connectivity index (χ4v) is 5.38. The fraction of sp³-hybridized carbons (Fsp3) is 1.00. The van der Waals surface area contributed by atoms with E-state index in [0.717, 1.165) is 0 Å². The van der Waals surface area contributed by atoms with E-state index in [4.69, 9.17) is 0 Å². The molecule has 0 spiro atoms. The third kappa shape index (κ3) is 4.71. The zero-order valence-electron chi connectivity index (χ0n) is 12.1. The summed E-state index contributed by atoms with van der Waals surface area (Å²) in [6.07, 6.45) is 5.52. The first-order valence-corrected chi connectivity index (χ1v) is 9.36. The highest BCUT2D eigenvalue weighted by molar-refractivity contribution is 6.60. The Morgan fingerprint density at radius 3 is 1.67 bits per heavy atom. The standard InChI is InChI=1S/C14H32Si/c1-8-13(4,5)11-12-15(7)14(6,9-2)10-3/h15H,8-12H2,1-7H3. The van der Waals surface area contributed by atoms with Crippen molar-refractivity contribution in [3.8, 4) is 0 Å². The van der Waals surface area contributed by atoms with Crippen LogP contribution in [0, 0.1) is 5.41 Å². The zero-order chi connectivity index (χ0) is 12.1. The van der Waals surface area contributed by atoms with Crippen LogP contribution in [0.3, 0.4) is 0 Å². The van der Waals surface area contributed by atoms with Crippen LogP contribution in [-0.4, -0.2) is 8.80 Å². The Kier molecular flexibility index (Phi) is 6.16. The van der Waals surface area contributed by atoms with Crippen molar-refractivity contribution in [3.05, 3.63) is 0 Å². The Bertz CT molecular complexity index is 168. The highest BCUT2D eigenvalue weighted by Crippen LogP contribution is 2.41. The summed E-state index contributed by atoms with van der Waals surface area (Å²) in [5.74, 6) is 0. The molecule has 1 heteroatoms. The molecule has 1 unspecified atom stereocenters. The van der Waals surface area contributed by atoms with Gasteiger partial charge in [-0.25, -0.2) is 0 Å². The third-order valence-electron chi connectivity index (χ3n) is 5.02. The molecule has 15 heavy (non-hydrogen) atoms. The predicted octanol–water partition coefficient (Wildman–Crippen LogP) is 5.25. The van der Waals surface area contributed by atoms with Crippen molar-refractivity contribution < 1.29 is 0 Å². The van der Waals surface area contributed by atoms with Gasteiger partial charge in [-0.05, 0) is 10.5 Å². The second-order valence-corrected chi connectivity index (χ2v) is 10.1. The molecule has 0 aliphatic carbocycles. The molecule has 0 aliphatic heterocycles. The summed E-state index contributed by atoms with van der Waals surface area (Å²) in [6, 6.07) is 1.53. The van der Waals surface area contributed by atoms with Crippen molar-refractivity contribution >= 4 is 8.80 Å². The summed E-state index contributed by atoms with van der Waals surface area (Å²) < 4.78 is 0. The SMILES string of the molecule is CCC(C)(C)CC[SiH](C)C(C)(CC)CC. The van der Waals surface area contributed by atoms with Crippen LogP contribution in [0.25, 0.3) is 0 Å². The molecule has 0 saturated heterocycles. The van der Waals surface area contributed by atoms with Gasteiger partial charge in [-0.2, -0.15) is 0 Å². The third-order valence-corrected chi connectivity index (χ3v) is 9.37. The maximum absolute atomic E-state index is 2.58. The molecule has 92 valence electrons. The maximum Gasteiger partial charge on any atom is 0.0398 e. The van der Waals surface area contributed by atoms with Gasteiger partial charge in [0.05, 0.1) is 0 Å². The van der Waals surface area contributed by atoms with Crippen LogP contribution in [-0.2, 0) is 0 Å². The van der Waals surface area contributed by atoms with Gasteiger partial charge in [-0.3, -0.25) is 0 Å². The molecule has 0 aliphatic rings. The molecule has 0 aromatic rings. The van der Waals surface area contributed by atoms with Crippen LogP contribution in [0.5, 0.6) is 0 Å². The molecule has 0 N–H and O–H groups in total. The second kappa shape index (κ2) is 6.08. The molecule has 0 aromatic heterocycles. The van der Waals surface area contributed by atoms with Gasteiger partial charge in [0.1, 0.15) is 0 Å². The molecular formula is C14H32Si. The molecule has 0 nitrogen and oxygen atoms in total. The highest BCUT2D eigenvalue weighted by atomic mass is 28.3. The lowest BCUT2D eigenvalue weighted by Gasteiger charge is -2.35. The summed E-state index contributed by atoms with van der Waals surface area (Å²) in [5.41, 5.74) is 0.573. The summed E-state index contributed by atoms with van der Waals surface area (Å²) in [5, 5.41) is 0.698. The van der Waals surface area contributed by atoms with E-state index in [1.165, 1.54) is 31.7 Å². The Morgan fingerprint density at radius 1 is 0.867 bits per heavy atom. The Hall–Kier alpha value is 0.217. The van der Waals surface area contributed by atoms with E-state index in [-0.39, 0.29) is 0 Å². The van der Waals surface area contributed by atoms with Gasteiger partial charge in [-0.15, -0.1) is 0 Å². The number of hydrogen-bond acceptors (Lipinski definition) is 0. The van der Waals surface area contributed by atoms with Crippen LogP contribution in [0.2, 0.25) is 17.6 Å². The molecule has 0 bridgehead atoms. The minimum Gasteiger partial charge on any atom is -0.0716 e. The molecule has 0 heterocycles. The van der Waals surface area contributed by atoms with Gasteiger partial charge in [-0.1, -0.05) is 79.8 Å². The van der Waals surface area contributed by atoms with E-state index < -0.39 is 8.80 Å². The van der Waals surface area contributed by atoms with Crippen molar-refractivity contribution in [1.82, 2.24) is 0 Å². The zero-order valence-corrected chi connectivity index (χ0v) is 13.3. The molecule has 0 aromatic carbocycles. The van der Waals surface area contributed by atoms with Crippen LogP contribution < -0.4 is 0 Å². The molecule has 0 radical (unpaired) electrons. The van der Waals surface area contributed by atoms with Crippen molar-refractivity contribution in [2.24, 2.45) is 5.41 Å². The van der Waals surface area contributed by atoms with Gasteiger partial charge in [0, 0.05) is 8.80 Å². The predicted molar refractivity (Wildman–Crippen MR) is 75.5 cm³/mol. The van der Waals surface area contributed by atoms with Gasteiger partial charge in [0.25, 0.3) is 0 Å². The lowest BCUT2D eigenvalue weighted by atomic mass is 9.87. The smallest absolute Gasteiger partial charge is 0.0398 e. The summed E-state index contributed by atoms with van der Waals surface area (Å²) in [6.45, 7) is 17.0. The summed E-state index contributed by atoms with van der Waals surface area (Å²) >= 11 is 0. The lowest BCUT2D eigenvalue weighted by Crippen LogP contribution is -2.27. The van der Waals surface area contributed by atoms with Crippen molar-refractivity contribution in [2.75, 3.05) is 0 Å². The first kappa shape index (κ1) is 15.2. The van der Waals surface area contributed by atoms with E-state index in [2.05, 4.69) is 48.1 Å². The minimum atomic E-state index is -0.546. The monoisotopic (exact) mass is 228 g/mol. The lowest BCUT2D eigenvalue weighted by molar-refractivity contribution is 0.335. The molecule has 0 amide bonds. The summed E-state index contributed by atoms with van der Waals surface area (Å²) in [4.78, 5) is 0. The van der Waals surface area contributed by atoms with Crippen molar-refractivity contribution in [3.63, 3.8) is 0 Å². The average molecular weight is 228 g/mol. The molecule has 0 fully saturated rings. The first-order valence-electron chi connectivity index (χ1n) is 6.81. The normalized spacial score (nSPS) is 15.4. The highest BCUT2D eigenvalue weighted by Gasteiger charge is 2.29.